The molecule has 0 fully saturated rings. The molecule has 3 unspecified atom stereocenters. The maximum atomic E-state index is 12.2. The Balaban J connectivity index is 3.30. The number of rotatable bonds is 12. The topological polar surface area (TPSA) is 170 Å². The number of carbonyl (C=O) groups excluding carboxylic acids is 3. The number of hydrogen-bond donors (Lipinski definition) is 2. The summed E-state index contributed by atoms with van der Waals surface area (Å²) in [5, 5.41) is 9.58. The van der Waals surface area contributed by atoms with Gasteiger partial charge in [-0.3, -0.25) is 4.79 Å². The minimum atomic E-state index is -1.41. The van der Waals surface area contributed by atoms with Gasteiger partial charge in [-0.15, -0.1) is 0 Å². The molecule has 208 valence electrons. The van der Waals surface area contributed by atoms with Crippen LogP contribution < -0.4 is 15.2 Å². The quantitative estimate of drug-likeness (QED) is 0.217. The maximum Gasteiger partial charge on any atom is 0.514 e. The van der Waals surface area contributed by atoms with Crippen LogP contribution in [0.1, 0.15) is 72.8 Å². The summed E-state index contributed by atoms with van der Waals surface area (Å²) >= 11 is 0. The van der Waals surface area contributed by atoms with Crippen LogP contribution >= 0.6 is 0 Å². The predicted octanol–water partition coefficient (Wildman–Crippen LogP) is 4.76. The average Bonchev–Trinajstić information content (AvgIpc) is 2.76. The highest BCUT2D eigenvalue weighted by molar-refractivity contribution is 5.75. The molecule has 0 radical (unpaired) electrons. The van der Waals surface area contributed by atoms with Crippen molar-refractivity contribution in [2.24, 2.45) is 5.73 Å². The van der Waals surface area contributed by atoms with Gasteiger partial charge in [-0.05, 0) is 72.1 Å². The van der Waals surface area contributed by atoms with Gasteiger partial charge in [-0.1, -0.05) is 13.0 Å². The zero-order chi connectivity index (χ0) is 28.3. The zero-order valence-electron chi connectivity index (χ0n) is 22.2. The van der Waals surface area contributed by atoms with Gasteiger partial charge in [0.15, 0.2) is 11.5 Å². The van der Waals surface area contributed by atoms with Crippen LogP contribution in [-0.4, -0.2) is 60.0 Å². The molecule has 0 aliphatic heterocycles. The van der Waals surface area contributed by atoms with Gasteiger partial charge in [0, 0.05) is 5.92 Å². The van der Waals surface area contributed by atoms with Crippen LogP contribution in [0, 0.1) is 0 Å². The molecule has 0 saturated heterocycles. The van der Waals surface area contributed by atoms with Crippen molar-refractivity contribution in [2.45, 2.75) is 97.7 Å². The molecule has 0 aliphatic rings. The van der Waals surface area contributed by atoms with E-state index in [4.69, 9.17) is 34.2 Å². The highest BCUT2D eigenvalue weighted by Gasteiger charge is 2.30. The summed E-state index contributed by atoms with van der Waals surface area (Å²) in [5.74, 6) is -2.60. The first-order chi connectivity index (χ1) is 17.2. The second-order valence-electron chi connectivity index (χ2n) is 8.96. The monoisotopic (exact) mass is 527 g/mol. The molecule has 0 heterocycles. The standard InChI is InChI=1S/C25H37NO11/c1-8-15(6)34-25(31)35-16(7)11-18(21(26)22(27)28)17-9-10-19(36-23(29)32-13(2)3)20(12-17)37-24(30)33-14(4)5/h9-10,12-16,18,21H,8,11,26H2,1-7H3,(H,27,28)/t15?,16?,18?,21-/m0/s1. The first-order valence-corrected chi connectivity index (χ1v) is 12.0. The maximum absolute atomic E-state index is 12.2. The molecule has 12 nitrogen and oxygen atoms in total. The fourth-order valence-corrected chi connectivity index (χ4v) is 3.04. The summed E-state index contributed by atoms with van der Waals surface area (Å²) in [6.07, 6.45) is -4.50. The van der Waals surface area contributed by atoms with Crippen LogP contribution in [0.25, 0.3) is 0 Å². The van der Waals surface area contributed by atoms with Gasteiger partial charge < -0.3 is 39.3 Å². The molecular weight excluding hydrogens is 490 g/mol. The predicted molar refractivity (Wildman–Crippen MR) is 131 cm³/mol. The number of carboxylic acids is 1. The van der Waals surface area contributed by atoms with E-state index >= 15 is 0 Å². The Labute approximate surface area is 216 Å². The minimum Gasteiger partial charge on any atom is -0.480 e. The van der Waals surface area contributed by atoms with Crippen LogP contribution in [0.5, 0.6) is 11.5 Å². The molecule has 1 aromatic carbocycles. The van der Waals surface area contributed by atoms with Crippen molar-refractivity contribution in [3.05, 3.63) is 23.8 Å². The first kappa shape index (κ1) is 31.5. The first-order valence-electron chi connectivity index (χ1n) is 12.0. The Hall–Kier alpha value is -3.54. The Morgan fingerprint density at radius 2 is 1.30 bits per heavy atom. The SMILES string of the molecule is CCC(C)OC(=O)OC(C)CC(c1ccc(OC(=O)OC(C)C)c(OC(=O)OC(C)C)c1)[C@H](N)C(=O)O. The molecule has 0 saturated carbocycles. The van der Waals surface area contributed by atoms with Gasteiger partial charge in [0.05, 0.1) is 12.2 Å². The van der Waals surface area contributed by atoms with Crippen LogP contribution in [-0.2, 0) is 23.7 Å². The Morgan fingerprint density at radius 3 is 1.78 bits per heavy atom. The highest BCUT2D eigenvalue weighted by atomic mass is 16.8. The molecule has 0 amide bonds. The van der Waals surface area contributed by atoms with Gasteiger partial charge in [0.2, 0.25) is 0 Å². The lowest BCUT2D eigenvalue weighted by molar-refractivity contribution is -0.139. The van der Waals surface area contributed by atoms with Gasteiger partial charge in [0.25, 0.3) is 0 Å². The largest absolute Gasteiger partial charge is 0.514 e. The number of ether oxygens (including phenoxy) is 6. The number of carboxylic acid groups (broad SMARTS) is 1. The lowest BCUT2D eigenvalue weighted by Gasteiger charge is -2.25. The third-order valence-electron chi connectivity index (χ3n) is 4.92. The van der Waals surface area contributed by atoms with Crippen LogP contribution in [0.15, 0.2) is 18.2 Å². The van der Waals surface area contributed by atoms with Crippen molar-refractivity contribution in [2.75, 3.05) is 0 Å². The van der Waals surface area contributed by atoms with Crippen molar-refractivity contribution in [3.63, 3.8) is 0 Å². The molecule has 0 spiro atoms. The lowest BCUT2D eigenvalue weighted by atomic mass is 9.87. The van der Waals surface area contributed by atoms with E-state index in [9.17, 15) is 24.3 Å². The summed E-state index contributed by atoms with van der Waals surface area (Å²) in [6, 6.07) is 2.65. The Morgan fingerprint density at radius 1 is 0.784 bits per heavy atom. The molecule has 37 heavy (non-hydrogen) atoms. The summed E-state index contributed by atoms with van der Waals surface area (Å²) in [4.78, 5) is 48.0. The molecule has 1 rings (SSSR count). The molecule has 0 aromatic heterocycles. The third-order valence-corrected chi connectivity index (χ3v) is 4.92. The van der Waals surface area contributed by atoms with Gasteiger partial charge >= 0.3 is 24.4 Å². The molecule has 1 aromatic rings. The summed E-state index contributed by atoms with van der Waals surface area (Å²) < 4.78 is 30.7. The third kappa shape index (κ3) is 11.4. The van der Waals surface area contributed by atoms with Crippen LogP contribution in [0.3, 0.4) is 0 Å². The fourth-order valence-electron chi connectivity index (χ4n) is 3.04. The molecular formula is C25H37NO11. The van der Waals surface area contributed by atoms with Crippen molar-refractivity contribution in [3.8, 4) is 11.5 Å². The van der Waals surface area contributed by atoms with Crippen LogP contribution in [0.2, 0.25) is 0 Å². The Kier molecular flexibility index (Phi) is 12.7. The van der Waals surface area contributed by atoms with E-state index in [1.807, 2.05) is 6.92 Å². The number of benzene rings is 1. The molecule has 0 aliphatic carbocycles. The second kappa shape index (κ2) is 14.9. The van der Waals surface area contributed by atoms with Crippen molar-refractivity contribution >= 4 is 24.4 Å². The normalized spacial score (nSPS) is 14.2. The molecule has 0 bridgehead atoms. The second-order valence-corrected chi connectivity index (χ2v) is 8.96. The van der Waals surface area contributed by atoms with Crippen LogP contribution in [0.4, 0.5) is 14.4 Å². The van der Waals surface area contributed by atoms with E-state index in [1.54, 1.807) is 41.5 Å². The van der Waals surface area contributed by atoms with E-state index in [1.165, 1.54) is 18.2 Å². The van der Waals surface area contributed by atoms with E-state index < -0.39 is 54.7 Å². The average molecular weight is 528 g/mol. The zero-order valence-corrected chi connectivity index (χ0v) is 22.2. The smallest absolute Gasteiger partial charge is 0.480 e. The fraction of sp³-hybridized carbons (Fsp3) is 0.600. The number of nitrogens with two attached hydrogens (primary N) is 1. The number of aliphatic carboxylic acids is 1. The van der Waals surface area contributed by atoms with Gasteiger partial charge in [-0.25, -0.2) is 14.4 Å². The highest BCUT2D eigenvalue weighted by Crippen LogP contribution is 2.35. The van der Waals surface area contributed by atoms with Crippen molar-refractivity contribution in [1.29, 1.82) is 0 Å². The van der Waals surface area contributed by atoms with Gasteiger partial charge in [-0.2, -0.15) is 0 Å². The van der Waals surface area contributed by atoms with Crippen molar-refractivity contribution < 1.29 is 52.7 Å². The summed E-state index contributed by atoms with van der Waals surface area (Å²) in [5.41, 5.74) is 6.27. The van der Waals surface area contributed by atoms with Crippen molar-refractivity contribution in [1.82, 2.24) is 0 Å². The number of carbonyl (C=O) groups is 4. The summed E-state index contributed by atoms with van der Waals surface area (Å²) in [7, 11) is 0. The minimum absolute atomic E-state index is 0.00541. The van der Waals surface area contributed by atoms with E-state index in [0.717, 1.165) is 0 Å². The van der Waals surface area contributed by atoms with E-state index in [0.29, 0.717) is 12.0 Å². The van der Waals surface area contributed by atoms with E-state index in [-0.39, 0.29) is 24.0 Å². The summed E-state index contributed by atoms with van der Waals surface area (Å²) in [6.45, 7) is 11.6. The molecule has 3 N–H and O–H groups in total. The number of hydrogen-bond acceptors (Lipinski definition) is 11. The Bertz CT molecular complexity index is 931. The van der Waals surface area contributed by atoms with Gasteiger partial charge in [0.1, 0.15) is 18.2 Å². The molecule has 4 atom stereocenters. The van der Waals surface area contributed by atoms with E-state index in [2.05, 4.69) is 0 Å². The molecule has 12 heteroatoms. The lowest BCUT2D eigenvalue weighted by Crippen LogP contribution is -2.38.